The molecule has 1 aromatic heterocycles. The number of hydrogen-bond donors (Lipinski definition) is 1. The van der Waals surface area contributed by atoms with Gasteiger partial charge in [-0.05, 0) is 79.3 Å². The second-order valence-electron chi connectivity index (χ2n) is 14.8. The Kier molecular flexibility index (Phi) is 13.3. The first-order valence-electron chi connectivity index (χ1n) is 19.5. The minimum absolute atomic E-state index is 0.00981. The number of methoxy groups -OCH3 is 2. The Balaban J connectivity index is 0.978. The van der Waals surface area contributed by atoms with Crippen LogP contribution in [-0.2, 0) is 4.74 Å². The quantitative estimate of drug-likeness (QED) is 0.0648. The molecule has 3 amide bonds. The minimum atomic E-state index is -1.43. The van der Waals surface area contributed by atoms with E-state index in [4.69, 9.17) is 23.7 Å². The number of ether oxygens (including phenoxy) is 5. The third kappa shape index (κ3) is 9.10. The normalized spacial score (nSPS) is 19.8. The highest BCUT2D eigenvalue weighted by Crippen LogP contribution is 2.43. The summed E-state index contributed by atoms with van der Waals surface area (Å²) in [7, 11) is 5.76. The monoisotopic (exact) mass is 858 g/mol. The maximum Gasteiger partial charge on any atom is 0.416 e. The van der Waals surface area contributed by atoms with Crippen molar-refractivity contribution in [3.8, 4) is 23.0 Å². The summed E-state index contributed by atoms with van der Waals surface area (Å²) in [5.41, 5.74) is 3.25. The van der Waals surface area contributed by atoms with Crippen LogP contribution in [0.5, 0.6) is 23.0 Å². The number of benzene rings is 2. The van der Waals surface area contributed by atoms with Gasteiger partial charge in [0.25, 0.3) is 11.8 Å². The van der Waals surface area contributed by atoms with Crippen LogP contribution in [0.4, 0.5) is 21.9 Å². The van der Waals surface area contributed by atoms with Gasteiger partial charge in [0.2, 0.25) is 0 Å². The number of rotatable bonds is 16. The van der Waals surface area contributed by atoms with Gasteiger partial charge in [-0.2, -0.15) is 0 Å². The number of fused-ring (bicyclic) bond motifs is 4. The van der Waals surface area contributed by atoms with Crippen molar-refractivity contribution in [3.05, 3.63) is 82.9 Å². The van der Waals surface area contributed by atoms with Crippen LogP contribution in [-0.4, -0.2) is 115 Å². The van der Waals surface area contributed by atoms with Crippen molar-refractivity contribution < 1.29 is 43.2 Å². The van der Waals surface area contributed by atoms with Crippen LogP contribution < -0.4 is 23.8 Å². The first-order valence-corrected chi connectivity index (χ1v) is 21.7. The summed E-state index contributed by atoms with van der Waals surface area (Å²) in [6.45, 7) is 11.3. The molecule has 3 aromatic rings. The van der Waals surface area contributed by atoms with E-state index in [9.17, 15) is 24.4 Å². The van der Waals surface area contributed by atoms with Crippen molar-refractivity contribution in [1.82, 2.24) is 14.8 Å². The zero-order valence-electron chi connectivity index (χ0n) is 33.5. The third-order valence-corrected chi connectivity index (χ3v) is 13.2. The Hall–Kier alpha value is -5.59. The predicted molar refractivity (Wildman–Crippen MR) is 229 cm³/mol. The molecule has 1 N–H and O–H groups in total. The van der Waals surface area contributed by atoms with Gasteiger partial charge < -0.3 is 38.6 Å². The summed E-state index contributed by atoms with van der Waals surface area (Å²) < 4.78 is 29.2. The van der Waals surface area contributed by atoms with Crippen molar-refractivity contribution in [2.24, 2.45) is 10.2 Å². The fourth-order valence-electron chi connectivity index (χ4n) is 7.43. The van der Waals surface area contributed by atoms with E-state index in [1.165, 1.54) is 59.0 Å². The lowest BCUT2D eigenvalue weighted by molar-refractivity contribution is 0.0491. The molecule has 316 valence electrons. The fraction of sp³-hybridized carbons (Fsp3) is 0.405. The SMILES string of the molecule is C=C1CC2C=Nc3cc(OCCCCCOc4cc5c(cc4OC)C(=O)N4CC(=C)C[C@H]4[C@H](O)N5C(=O)OC[C@@H](C)SSc4ccc(N=O)cn4)c(OC)cc3C(=O)N2C1. The van der Waals surface area contributed by atoms with Crippen LogP contribution in [0.1, 0.15) is 59.7 Å². The van der Waals surface area contributed by atoms with Crippen molar-refractivity contribution >= 4 is 62.8 Å². The molecule has 18 heteroatoms. The summed E-state index contributed by atoms with van der Waals surface area (Å²) in [4.78, 5) is 65.0. The molecule has 4 atom stereocenters. The van der Waals surface area contributed by atoms with E-state index in [-0.39, 0.29) is 65.6 Å². The van der Waals surface area contributed by atoms with Gasteiger partial charge in [0.1, 0.15) is 17.3 Å². The Bertz CT molecular complexity index is 2200. The maximum absolute atomic E-state index is 14.0. The molecule has 5 heterocycles. The van der Waals surface area contributed by atoms with E-state index in [1.54, 1.807) is 35.4 Å². The molecule has 4 aliphatic rings. The molecule has 2 saturated heterocycles. The summed E-state index contributed by atoms with van der Waals surface area (Å²) in [5.74, 6) is 1.02. The highest BCUT2D eigenvalue weighted by atomic mass is 33.1. The highest BCUT2D eigenvalue weighted by molar-refractivity contribution is 8.76. The highest BCUT2D eigenvalue weighted by Gasteiger charge is 2.46. The van der Waals surface area contributed by atoms with Crippen molar-refractivity contribution in [2.75, 3.05) is 52.0 Å². The molecule has 16 nitrogen and oxygen atoms in total. The lowest BCUT2D eigenvalue weighted by Gasteiger charge is -2.31. The number of aliphatic hydroxyl groups excluding tert-OH is 1. The standard InChI is InChI=1S/C42H46N6O10S2/c1-24-13-28-20-43-31-17-36(34(54-4)15-29(31)39(49)46(28)21-24)56-11-7-6-8-12-57-37-18-32-30(16-35(37)55-5)40(50)47-22-25(2)14-33(47)41(51)48(32)42(52)58-23-26(3)59-60-38-10-9-27(45-53)19-44-38/h9-10,15-20,26,28,33,41,51H,1-2,6-8,11-14,21-23H2,3-5H3/t26-,28?,33+,41+/m1/s1. The van der Waals surface area contributed by atoms with E-state index in [0.717, 1.165) is 22.5 Å². The molecule has 60 heavy (non-hydrogen) atoms. The molecule has 2 aromatic carbocycles. The van der Waals surface area contributed by atoms with Gasteiger partial charge in [0, 0.05) is 36.7 Å². The van der Waals surface area contributed by atoms with Crippen molar-refractivity contribution in [2.45, 2.75) is 67.6 Å². The number of aliphatic hydroxyl groups is 1. The minimum Gasteiger partial charge on any atom is -0.493 e. The van der Waals surface area contributed by atoms with Gasteiger partial charge in [-0.15, -0.1) is 4.91 Å². The molecule has 0 radical (unpaired) electrons. The van der Waals surface area contributed by atoms with Crippen LogP contribution in [0, 0.1) is 4.91 Å². The topological polar surface area (TPSA) is 182 Å². The molecule has 0 bridgehead atoms. The predicted octanol–water partition coefficient (Wildman–Crippen LogP) is 7.49. The zero-order valence-corrected chi connectivity index (χ0v) is 35.2. The fourth-order valence-corrected chi connectivity index (χ4v) is 9.29. The Labute approximate surface area is 355 Å². The van der Waals surface area contributed by atoms with Gasteiger partial charge in [-0.1, -0.05) is 35.1 Å². The number of nitrogens with zero attached hydrogens (tertiary/aromatic N) is 6. The molecular weight excluding hydrogens is 813 g/mol. The average Bonchev–Trinajstić information content (AvgIpc) is 3.79. The summed E-state index contributed by atoms with van der Waals surface area (Å²) in [5, 5.41) is 15.0. The van der Waals surface area contributed by atoms with E-state index in [1.807, 2.05) is 6.92 Å². The Morgan fingerprint density at radius 1 is 0.917 bits per heavy atom. The smallest absolute Gasteiger partial charge is 0.416 e. The van der Waals surface area contributed by atoms with E-state index in [0.29, 0.717) is 72.4 Å². The molecule has 4 aliphatic heterocycles. The first kappa shape index (κ1) is 42.5. The summed E-state index contributed by atoms with van der Waals surface area (Å²) >= 11 is 0. The van der Waals surface area contributed by atoms with Gasteiger partial charge in [-0.3, -0.25) is 14.6 Å². The number of aliphatic imine (C=N–C) groups is 1. The largest absolute Gasteiger partial charge is 0.493 e. The van der Waals surface area contributed by atoms with Crippen LogP contribution in [0.15, 0.2) is 82.1 Å². The van der Waals surface area contributed by atoms with E-state index in [2.05, 4.69) is 28.3 Å². The number of carbonyl (C=O) groups is 3. The van der Waals surface area contributed by atoms with Crippen LogP contribution in [0.2, 0.25) is 0 Å². The number of hydrogen-bond acceptors (Lipinski definition) is 15. The number of anilines is 1. The van der Waals surface area contributed by atoms with Crippen LogP contribution in [0.25, 0.3) is 0 Å². The van der Waals surface area contributed by atoms with E-state index < -0.39 is 18.4 Å². The van der Waals surface area contributed by atoms with Gasteiger partial charge >= 0.3 is 6.09 Å². The third-order valence-electron chi connectivity index (χ3n) is 10.5. The number of amides is 3. The molecule has 0 aliphatic carbocycles. The second-order valence-corrected chi connectivity index (χ2v) is 17.4. The molecule has 0 spiro atoms. The Morgan fingerprint density at radius 2 is 1.58 bits per heavy atom. The number of carbonyl (C=O) groups excluding carboxylic acids is 3. The van der Waals surface area contributed by atoms with Crippen molar-refractivity contribution in [1.29, 1.82) is 0 Å². The lowest BCUT2D eigenvalue weighted by Crippen LogP contribution is -2.51. The molecule has 1 unspecified atom stereocenters. The van der Waals surface area contributed by atoms with E-state index >= 15 is 0 Å². The molecule has 7 rings (SSSR count). The summed E-state index contributed by atoms with van der Waals surface area (Å²) in [6, 6.07) is 8.87. The Morgan fingerprint density at radius 3 is 2.27 bits per heavy atom. The molecule has 0 saturated carbocycles. The first-order chi connectivity index (χ1) is 29.0. The number of aromatic nitrogens is 1. The van der Waals surface area contributed by atoms with Gasteiger partial charge in [0.15, 0.2) is 29.2 Å². The van der Waals surface area contributed by atoms with Gasteiger partial charge in [0.05, 0.1) is 68.2 Å². The lowest BCUT2D eigenvalue weighted by atomic mass is 10.1. The second kappa shape index (κ2) is 18.8. The summed E-state index contributed by atoms with van der Waals surface area (Å²) in [6.07, 6.45) is 3.96. The zero-order chi connectivity index (χ0) is 42.5. The number of pyridine rings is 1. The average molecular weight is 859 g/mol. The van der Waals surface area contributed by atoms with Crippen LogP contribution in [0.3, 0.4) is 0 Å². The van der Waals surface area contributed by atoms with Crippen molar-refractivity contribution in [3.63, 3.8) is 0 Å². The maximum atomic E-state index is 14.0. The molecular formula is C42H46N6O10S2. The molecule has 2 fully saturated rings. The number of unbranched alkanes of at least 4 members (excludes halogenated alkanes) is 2. The van der Waals surface area contributed by atoms with Gasteiger partial charge in [-0.25, -0.2) is 14.7 Å². The number of nitroso groups, excluding NO2 is 1. The van der Waals surface area contributed by atoms with Crippen LogP contribution >= 0.6 is 21.6 Å².